The summed E-state index contributed by atoms with van der Waals surface area (Å²) in [6.07, 6.45) is -0.212. The summed E-state index contributed by atoms with van der Waals surface area (Å²) in [4.78, 5) is 21.8. The minimum Gasteiger partial charge on any atom is -0.388 e. The van der Waals surface area contributed by atoms with Crippen molar-refractivity contribution >= 4 is 11.7 Å². The van der Waals surface area contributed by atoms with E-state index < -0.39 is 11.0 Å². The van der Waals surface area contributed by atoms with Crippen LogP contribution in [0.5, 0.6) is 0 Å². The predicted molar refractivity (Wildman–Crippen MR) is 89.4 cm³/mol. The Balaban J connectivity index is 1.69. The normalized spacial score (nSPS) is 11.5. The number of urea groups is 1. The summed E-state index contributed by atoms with van der Waals surface area (Å²) in [7, 11) is 0. The number of non-ortho nitro benzene ring substituents is 1. The summed E-state index contributed by atoms with van der Waals surface area (Å²) in [6, 6.07) is 14.9. The van der Waals surface area contributed by atoms with Crippen LogP contribution in [-0.4, -0.2) is 22.6 Å². The number of hydrogen-bond donors (Lipinski definition) is 3. The zero-order chi connectivity index (χ0) is 17.4. The van der Waals surface area contributed by atoms with E-state index in [1.807, 2.05) is 30.3 Å². The van der Waals surface area contributed by atoms with Gasteiger partial charge in [0.1, 0.15) is 0 Å². The Bertz CT molecular complexity index is 674. The summed E-state index contributed by atoms with van der Waals surface area (Å²) >= 11 is 0. The molecule has 2 rings (SSSR count). The summed E-state index contributed by atoms with van der Waals surface area (Å²) in [5.41, 5.74) is 1.59. The van der Waals surface area contributed by atoms with E-state index in [1.54, 1.807) is 12.1 Å². The zero-order valence-corrected chi connectivity index (χ0v) is 13.0. The molecule has 0 bridgehead atoms. The Kier molecular flexibility index (Phi) is 6.27. The van der Waals surface area contributed by atoms with Crippen molar-refractivity contribution in [3.05, 3.63) is 75.8 Å². The number of amides is 2. The summed E-state index contributed by atoms with van der Waals surface area (Å²) in [6.45, 7) is 0.604. The molecule has 0 aliphatic carbocycles. The van der Waals surface area contributed by atoms with Crippen molar-refractivity contribution in [1.82, 2.24) is 10.6 Å². The number of nitro benzene ring substituents is 1. The molecule has 0 aliphatic rings. The number of carbonyl (C=O) groups is 1. The molecule has 2 aromatic rings. The molecular weight excluding hydrogens is 310 g/mol. The van der Waals surface area contributed by atoms with E-state index in [4.69, 9.17) is 0 Å². The molecule has 24 heavy (non-hydrogen) atoms. The molecule has 0 heterocycles. The van der Waals surface area contributed by atoms with Crippen LogP contribution >= 0.6 is 0 Å². The number of carbonyl (C=O) groups excluding carboxylic acids is 1. The monoisotopic (exact) mass is 329 g/mol. The van der Waals surface area contributed by atoms with E-state index in [2.05, 4.69) is 10.6 Å². The fourth-order valence-electron chi connectivity index (χ4n) is 2.14. The number of nitrogens with one attached hydrogen (secondary N) is 2. The molecule has 1 atom stereocenters. The van der Waals surface area contributed by atoms with E-state index in [0.29, 0.717) is 13.0 Å². The quantitative estimate of drug-likeness (QED) is 0.536. The predicted octanol–water partition coefficient (Wildman–Crippen LogP) is 2.52. The van der Waals surface area contributed by atoms with Gasteiger partial charge in [-0.1, -0.05) is 42.5 Å². The highest BCUT2D eigenvalue weighted by molar-refractivity contribution is 5.73. The van der Waals surface area contributed by atoms with Gasteiger partial charge in [-0.25, -0.2) is 4.79 Å². The van der Waals surface area contributed by atoms with Gasteiger partial charge in [0, 0.05) is 25.2 Å². The third-order valence-electron chi connectivity index (χ3n) is 3.49. The molecule has 0 fully saturated rings. The van der Waals surface area contributed by atoms with Crippen LogP contribution in [0, 0.1) is 10.1 Å². The largest absolute Gasteiger partial charge is 0.388 e. The van der Waals surface area contributed by atoms with Crippen molar-refractivity contribution in [2.24, 2.45) is 0 Å². The van der Waals surface area contributed by atoms with Crippen LogP contribution in [0.2, 0.25) is 0 Å². The lowest BCUT2D eigenvalue weighted by atomic mass is 10.1. The van der Waals surface area contributed by atoms with Crippen molar-refractivity contribution < 1.29 is 14.8 Å². The number of aliphatic hydroxyl groups excluding tert-OH is 1. The fourth-order valence-corrected chi connectivity index (χ4v) is 2.14. The van der Waals surface area contributed by atoms with E-state index in [9.17, 15) is 20.0 Å². The van der Waals surface area contributed by atoms with Gasteiger partial charge in [-0.2, -0.15) is 0 Å². The molecule has 3 N–H and O–H groups in total. The molecule has 126 valence electrons. The highest BCUT2D eigenvalue weighted by Gasteiger charge is 2.08. The van der Waals surface area contributed by atoms with Crippen LogP contribution in [0.25, 0.3) is 0 Å². The van der Waals surface area contributed by atoms with Crippen LogP contribution in [-0.2, 0) is 6.54 Å². The van der Waals surface area contributed by atoms with Gasteiger partial charge in [0.05, 0.1) is 11.0 Å². The third-order valence-corrected chi connectivity index (χ3v) is 3.49. The van der Waals surface area contributed by atoms with E-state index in [1.165, 1.54) is 12.1 Å². The van der Waals surface area contributed by atoms with Gasteiger partial charge >= 0.3 is 6.03 Å². The Morgan fingerprint density at radius 3 is 2.38 bits per heavy atom. The average molecular weight is 329 g/mol. The lowest BCUT2D eigenvalue weighted by Crippen LogP contribution is -2.36. The molecule has 0 saturated carbocycles. The fraction of sp³-hybridized carbons (Fsp3) is 0.235. The number of hydrogen-bond acceptors (Lipinski definition) is 4. The van der Waals surface area contributed by atoms with Gasteiger partial charge in [-0.05, 0) is 17.5 Å². The summed E-state index contributed by atoms with van der Waals surface area (Å²) in [5.74, 6) is 0. The maximum absolute atomic E-state index is 11.7. The van der Waals surface area contributed by atoms with E-state index >= 15 is 0 Å². The van der Waals surface area contributed by atoms with Crippen LogP contribution in [0.15, 0.2) is 54.6 Å². The molecule has 0 spiro atoms. The number of nitrogens with zero attached hydrogens (tertiary/aromatic N) is 1. The molecule has 7 heteroatoms. The SMILES string of the molecule is O=C(NCCC(O)c1ccccc1)NCc1ccc([N+](=O)[O-])cc1. The standard InChI is InChI=1S/C17H19N3O4/c21-16(14-4-2-1-3-5-14)10-11-18-17(22)19-12-13-6-8-15(9-7-13)20(23)24/h1-9,16,21H,10-12H2,(H2,18,19,22). The lowest BCUT2D eigenvalue weighted by Gasteiger charge is -2.12. The smallest absolute Gasteiger partial charge is 0.315 e. The maximum atomic E-state index is 11.7. The van der Waals surface area contributed by atoms with Gasteiger partial charge in [0.15, 0.2) is 0 Å². The second-order valence-corrected chi connectivity index (χ2v) is 5.25. The molecule has 0 radical (unpaired) electrons. The molecule has 7 nitrogen and oxygen atoms in total. The summed E-state index contributed by atoms with van der Waals surface area (Å²) in [5, 5.41) is 25.9. The minimum atomic E-state index is -0.624. The molecular formula is C17H19N3O4. The van der Waals surface area contributed by atoms with Crippen LogP contribution in [0.3, 0.4) is 0 Å². The Labute approximate surface area is 139 Å². The van der Waals surface area contributed by atoms with Crippen molar-refractivity contribution in [3.8, 4) is 0 Å². The minimum absolute atomic E-state index is 0.0121. The van der Waals surface area contributed by atoms with Crippen LogP contribution < -0.4 is 10.6 Å². The molecule has 2 amide bonds. The maximum Gasteiger partial charge on any atom is 0.315 e. The molecule has 2 aromatic carbocycles. The van der Waals surface area contributed by atoms with Crippen molar-refractivity contribution in [2.45, 2.75) is 19.1 Å². The van der Waals surface area contributed by atoms with Crippen LogP contribution in [0.4, 0.5) is 10.5 Å². The molecule has 0 aliphatic heterocycles. The first kappa shape index (κ1) is 17.4. The Morgan fingerprint density at radius 2 is 1.75 bits per heavy atom. The van der Waals surface area contributed by atoms with E-state index in [0.717, 1.165) is 11.1 Å². The number of benzene rings is 2. The van der Waals surface area contributed by atoms with Crippen molar-refractivity contribution in [2.75, 3.05) is 6.54 Å². The highest BCUT2D eigenvalue weighted by atomic mass is 16.6. The average Bonchev–Trinajstić information content (AvgIpc) is 2.61. The first-order valence-electron chi connectivity index (χ1n) is 7.54. The number of aliphatic hydroxyl groups is 1. The van der Waals surface area contributed by atoms with Gasteiger partial charge in [-0.3, -0.25) is 10.1 Å². The van der Waals surface area contributed by atoms with Gasteiger partial charge in [-0.15, -0.1) is 0 Å². The first-order valence-corrected chi connectivity index (χ1v) is 7.54. The Hall–Kier alpha value is -2.93. The second-order valence-electron chi connectivity index (χ2n) is 5.25. The van der Waals surface area contributed by atoms with Gasteiger partial charge < -0.3 is 15.7 Å². The van der Waals surface area contributed by atoms with Crippen LogP contribution in [0.1, 0.15) is 23.7 Å². The zero-order valence-electron chi connectivity index (χ0n) is 13.0. The molecule has 0 aromatic heterocycles. The number of rotatable bonds is 7. The third kappa shape index (κ3) is 5.36. The Morgan fingerprint density at radius 1 is 1.08 bits per heavy atom. The first-order chi connectivity index (χ1) is 11.6. The van der Waals surface area contributed by atoms with Crippen molar-refractivity contribution in [3.63, 3.8) is 0 Å². The van der Waals surface area contributed by atoms with Crippen molar-refractivity contribution in [1.29, 1.82) is 0 Å². The molecule has 1 unspecified atom stereocenters. The molecule has 0 saturated heterocycles. The highest BCUT2D eigenvalue weighted by Crippen LogP contribution is 2.15. The second kappa shape index (κ2) is 8.64. The lowest BCUT2D eigenvalue weighted by molar-refractivity contribution is -0.384. The van der Waals surface area contributed by atoms with E-state index in [-0.39, 0.29) is 18.3 Å². The van der Waals surface area contributed by atoms with Gasteiger partial charge in [0.2, 0.25) is 0 Å². The van der Waals surface area contributed by atoms with Gasteiger partial charge in [0.25, 0.3) is 5.69 Å². The number of nitro groups is 1. The summed E-state index contributed by atoms with van der Waals surface area (Å²) < 4.78 is 0. The topological polar surface area (TPSA) is 104 Å².